The number of nitrogens with one attached hydrogen (secondary N) is 1. The maximum absolute atomic E-state index is 12.2. The van der Waals surface area contributed by atoms with Crippen molar-refractivity contribution >= 4 is 33.7 Å². The first-order valence-electron chi connectivity index (χ1n) is 8.24. The molecule has 0 radical (unpaired) electrons. The van der Waals surface area contributed by atoms with Gasteiger partial charge in [0.15, 0.2) is 0 Å². The van der Waals surface area contributed by atoms with E-state index in [0.717, 1.165) is 33.4 Å². The SMILES string of the molecule is COc1cccc(-c2nc(CC(=O)Nc3nnc(CC(C)C)s3)cs2)c1. The lowest BCUT2D eigenvalue weighted by molar-refractivity contribution is -0.115. The molecule has 0 aliphatic carbocycles. The predicted octanol–water partition coefficient (Wildman–Crippen LogP) is 4.05. The van der Waals surface area contributed by atoms with Crippen LogP contribution in [0.2, 0.25) is 0 Å². The van der Waals surface area contributed by atoms with Gasteiger partial charge in [-0.05, 0) is 18.1 Å². The number of amides is 1. The molecule has 0 fully saturated rings. The Morgan fingerprint density at radius 3 is 2.92 bits per heavy atom. The highest BCUT2D eigenvalue weighted by Crippen LogP contribution is 2.27. The number of anilines is 1. The molecule has 3 rings (SSSR count). The van der Waals surface area contributed by atoms with E-state index >= 15 is 0 Å². The van der Waals surface area contributed by atoms with Gasteiger partial charge in [0.2, 0.25) is 11.0 Å². The summed E-state index contributed by atoms with van der Waals surface area (Å²) >= 11 is 2.93. The fourth-order valence-electron chi connectivity index (χ4n) is 2.34. The molecule has 1 amide bonds. The zero-order valence-electron chi connectivity index (χ0n) is 14.9. The van der Waals surface area contributed by atoms with E-state index in [1.165, 1.54) is 22.7 Å². The van der Waals surface area contributed by atoms with Crippen molar-refractivity contribution in [3.8, 4) is 16.3 Å². The van der Waals surface area contributed by atoms with Crippen LogP contribution in [0.4, 0.5) is 5.13 Å². The molecule has 0 atom stereocenters. The number of hydrogen-bond donors (Lipinski definition) is 1. The van der Waals surface area contributed by atoms with Crippen molar-refractivity contribution in [1.82, 2.24) is 15.2 Å². The number of methoxy groups -OCH3 is 1. The minimum atomic E-state index is -0.139. The zero-order chi connectivity index (χ0) is 18.5. The summed E-state index contributed by atoms with van der Waals surface area (Å²) in [6.07, 6.45) is 1.07. The second-order valence-electron chi connectivity index (χ2n) is 6.20. The van der Waals surface area contributed by atoms with Gasteiger partial charge in [0.25, 0.3) is 0 Å². The molecule has 3 aromatic rings. The van der Waals surface area contributed by atoms with Crippen LogP contribution in [0.1, 0.15) is 24.5 Å². The van der Waals surface area contributed by atoms with Gasteiger partial charge in [-0.2, -0.15) is 0 Å². The largest absolute Gasteiger partial charge is 0.497 e. The van der Waals surface area contributed by atoms with Crippen LogP contribution in [0, 0.1) is 5.92 Å². The van der Waals surface area contributed by atoms with Crippen molar-refractivity contribution in [2.75, 3.05) is 12.4 Å². The van der Waals surface area contributed by atoms with Crippen LogP contribution in [0.3, 0.4) is 0 Å². The third-order valence-corrected chi connectivity index (χ3v) is 5.31. The van der Waals surface area contributed by atoms with E-state index in [1.54, 1.807) is 7.11 Å². The minimum Gasteiger partial charge on any atom is -0.497 e. The van der Waals surface area contributed by atoms with Crippen molar-refractivity contribution in [2.24, 2.45) is 5.92 Å². The number of nitrogens with zero attached hydrogens (tertiary/aromatic N) is 3. The summed E-state index contributed by atoms with van der Waals surface area (Å²) < 4.78 is 5.24. The molecule has 8 heteroatoms. The van der Waals surface area contributed by atoms with Crippen LogP contribution in [0.5, 0.6) is 5.75 Å². The smallest absolute Gasteiger partial charge is 0.232 e. The van der Waals surface area contributed by atoms with Gasteiger partial charge in [0.05, 0.1) is 19.2 Å². The Balaban J connectivity index is 1.61. The van der Waals surface area contributed by atoms with Crippen LogP contribution in [-0.4, -0.2) is 28.2 Å². The van der Waals surface area contributed by atoms with Gasteiger partial charge in [-0.25, -0.2) is 4.98 Å². The van der Waals surface area contributed by atoms with Gasteiger partial charge >= 0.3 is 0 Å². The quantitative estimate of drug-likeness (QED) is 0.661. The normalized spacial score (nSPS) is 10.9. The first-order valence-corrected chi connectivity index (χ1v) is 9.94. The zero-order valence-corrected chi connectivity index (χ0v) is 16.5. The Labute approximate surface area is 160 Å². The van der Waals surface area contributed by atoms with Crippen molar-refractivity contribution in [1.29, 1.82) is 0 Å². The van der Waals surface area contributed by atoms with Crippen LogP contribution in [0.25, 0.3) is 10.6 Å². The van der Waals surface area contributed by atoms with Crippen LogP contribution in [-0.2, 0) is 17.6 Å². The second kappa shape index (κ2) is 8.37. The summed E-state index contributed by atoms with van der Waals surface area (Å²) in [6, 6.07) is 7.72. The highest BCUT2D eigenvalue weighted by atomic mass is 32.1. The molecule has 2 aromatic heterocycles. The summed E-state index contributed by atoms with van der Waals surface area (Å²) in [5, 5.41) is 15.2. The van der Waals surface area contributed by atoms with Gasteiger partial charge in [-0.1, -0.05) is 37.3 Å². The Morgan fingerprint density at radius 2 is 2.15 bits per heavy atom. The first kappa shape index (κ1) is 18.5. The molecule has 0 aliphatic heterocycles. The van der Waals surface area contributed by atoms with Crippen molar-refractivity contribution in [2.45, 2.75) is 26.7 Å². The van der Waals surface area contributed by atoms with Gasteiger partial charge in [0.1, 0.15) is 15.8 Å². The van der Waals surface area contributed by atoms with E-state index in [1.807, 2.05) is 29.6 Å². The lowest BCUT2D eigenvalue weighted by Gasteiger charge is -2.01. The van der Waals surface area contributed by atoms with Crippen molar-refractivity contribution in [3.05, 3.63) is 40.3 Å². The molecule has 0 bridgehead atoms. The molecule has 0 unspecified atom stereocenters. The Bertz CT molecular complexity index is 889. The molecule has 136 valence electrons. The summed E-state index contributed by atoms with van der Waals surface area (Å²) in [5.41, 5.74) is 1.71. The Kier molecular flexibility index (Phi) is 5.95. The van der Waals surface area contributed by atoms with Gasteiger partial charge in [-0.3, -0.25) is 4.79 Å². The molecule has 0 spiro atoms. The molecule has 2 heterocycles. The first-order chi connectivity index (χ1) is 12.5. The Morgan fingerprint density at radius 1 is 1.31 bits per heavy atom. The van der Waals surface area contributed by atoms with E-state index in [0.29, 0.717) is 11.0 Å². The molecule has 6 nitrogen and oxygen atoms in total. The fourth-order valence-corrected chi connectivity index (χ4v) is 4.13. The fraction of sp³-hybridized carbons (Fsp3) is 0.333. The molecule has 1 N–H and O–H groups in total. The number of hydrogen-bond acceptors (Lipinski definition) is 7. The summed E-state index contributed by atoms with van der Waals surface area (Å²) in [6.45, 7) is 4.25. The molecule has 0 saturated carbocycles. The molecule has 0 saturated heterocycles. The number of ether oxygens (including phenoxy) is 1. The second-order valence-corrected chi connectivity index (χ2v) is 8.12. The Hall–Kier alpha value is -2.32. The monoisotopic (exact) mass is 388 g/mol. The average molecular weight is 389 g/mol. The molecule has 26 heavy (non-hydrogen) atoms. The van der Waals surface area contributed by atoms with Crippen LogP contribution >= 0.6 is 22.7 Å². The van der Waals surface area contributed by atoms with Gasteiger partial charge in [0, 0.05) is 17.4 Å². The predicted molar refractivity (Wildman–Crippen MR) is 105 cm³/mol. The highest BCUT2D eigenvalue weighted by molar-refractivity contribution is 7.15. The highest BCUT2D eigenvalue weighted by Gasteiger charge is 2.12. The number of aromatic nitrogens is 3. The van der Waals surface area contributed by atoms with Crippen molar-refractivity contribution < 1.29 is 9.53 Å². The number of benzene rings is 1. The van der Waals surface area contributed by atoms with Crippen molar-refractivity contribution in [3.63, 3.8) is 0 Å². The van der Waals surface area contributed by atoms with Gasteiger partial charge in [-0.15, -0.1) is 21.5 Å². The summed E-state index contributed by atoms with van der Waals surface area (Å²) in [7, 11) is 1.64. The third kappa shape index (κ3) is 4.86. The number of rotatable bonds is 7. The number of carbonyl (C=O) groups excluding carboxylic acids is 1. The van der Waals surface area contributed by atoms with E-state index in [4.69, 9.17) is 4.74 Å². The third-order valence-electron chi connectivity index (χ3n) is 3.51. The average Bonchev–Trinajstić information content (AvgIpc) is 3.24. The van der Waals surface area contributed by atoms with Crippen LogP contribution in [0.15, 0.2) is 29.6 Å². The summed E-state index contributed by atoms with van der Waals surface area (Å²) in [4.78, 5) is 16.8. The van der Waals surface area contributed by atoms with E-state index in [9.17, 15) is 4.79 Å². The molecular weight excluding hydrogens is 368 g/mol. The summed E-state index contributed by atoms with van der Waals surface area (Å²) in [5.74, 6) is 1.15. The maximum Gasteiger partial charge on any atom is 0.232 e. The lowest BCUT2D eigenvalue weighted by Crippen LogP contribution is -2.14. The van der Waals surface area contributed by atoms with E-state index in [-0.39, 0.29) is 12.3 Å². The number of carbonyl (C=O) groups is 1. The molecular formula is C18H20N4O2S2. The topological polar surface area (TPSA) is 77.0 Å². The standard InChI is InChI=1S/C18H20N4O2S2/c1-11(2)7-16-21-22-18(26-16)20-15(23)9-13-10-25-17(19-13)12-5-4-6-14(8-12)24-3/h4-6,8,10-11H,7,9H2,1-3H3,(H,20,22,23). The lowest BCUT2D eigenvalue weighted by atomic mass is 10.1. The minimum absolute atomic E-state index is 0.139. The van der Waals surface area contributed by atoms with Crippen LogP contribution < -0.4 is 10.1 Å². The molecule has 1 aromatic carbocycles. The van der Waals surface area contributed by atoms with Gasteiger partial charge < -0.3 is 10.1 Å². The van der Waals surface area contributed by atoms with E-state index in [2.05, 4.69) is 34.3 Å². The number of thiazole rings is 1. The molecule has 0 aliphatic rings. The maximum atomic E-state index is 12.2. The van der Waals surface area contributed by atoms with E-state index < -0.39 is 0 Å².